The van der Waals surface area contributed by atoms with Gasteiger partial charge in [0.15, 0.2) is 11.5 Å². The van der Waals surface area contributed by atoms with Crippen molar-refractivity contribution in [1.82, 2.24) is 0 Å². The first-order valence-electron chi connectivity index (χ1n) is 5.14. The number of rotatable bonds is 3. The number of nitrogen functional groups attached to an aromatic ring is 1. The van der Waals surface area contributed by atoms with Crippen molar-refractivity contribution in [2.45, 2.75) is 0 Å². The van der Waals surface area contributed by atoms with Gasteiger partial charge < -0.3 is 19.9 Å². The summed E-state index contributed by atoms with van der Waals surface area (Å²) in [7, 11) is 4.43. The minimum absolute atomic E-state index is 0.391. The van der Waals surface area contributed by atoms with Gasteiger partial charge in [0, 0.05) is 16.2 Å². The molecule has 0 saturated carbocycles. The zero-order valence-electron chi connectivity index (χ0n) is 10.3. The van der Waals surface area contributed by atoms with Crippen LogP contribution in [0, 0.1) is 0 Å². The van der Waals surface area contributed by atoms with Crippen molar-refractivity contribution in [2.24, 2.45) is 0 Å². The number of esters is 1. The highest BCUT2D eigenvalue weighted by atomic mass is 32.1. The second kappa shape index (κ2) is 4.73. The predicted octanol–water partition coefficient (Wildman–Crippen LogP) is 2.29. The summed E-state index contributed by atoms with van der Waals surface area (Å²) in [6.07, 6.45) is 0. The molecule has 0 aliphatic rings. The van der Waals surface area contributed by atoms with Gasteiger partial charge in [0.1, 0.15) is 4.88 Å². The van der Waals surface area contributed by atoms with E-state index >= 15 is 0 Å². The Morgan fingerprint density at radius 2 is 1.78 bits per heavy atom. The maximum Gasteiger partial charge on any atom is 0.350 e. The Balaban J connectivity index is 2.69. The molecule has 0 atom stereocenters. The van der Waals surface area contributed by atoms with Gasteiger partial charge in [0.2, 0.25) is 0 Å². The van der Waals surface area contributed by atoms with Gasteiger partial charge in [-0.2, -0.15) is 0 Å². The summed E-state index contributed by atoms with van der Waals surface area (Å²) in [5.74, 6) is 0.736. The Morgan fingerprint density at radius 1 is 1.17 bits per heavy atom. The van der Waals surface area contributed by atoms with Crippen LogP contribution < -0.4 is 15.2 Å². The molecule has 0 amide bonds. The number of hydrogen-bond donors (Lipinski definition) is 1. The van der Waals surface area contributed by atoms with Crippen LogP contribution in [0.2, 0.25) is 0 Å². The van der Waals surface area contributed by atoms with E-state index in [0.29, 0.717) is 22.1 Å². The average Bonchev–Trinajstić information content (AvgIpc) is 2.73. The van der Waals surface area contributed by atoms with Gasteiger partial charge in [-0.1, -0.05) is 0 Å². The van der Waals surface area contributed by atoms with Crippen molar-refractivity contribution >= 4 is 33.1 Å². The molecule has 0 radical (unpaired) electrons. The molecule has 0 bridgehead atoms. The zero-order chi connectivity index (χ0) is 13.3. The first-order chi connectivity index (χ1) is 8.62. The molecule has 2 aromatic rings. The number of ether oxygens (including phenoxy) is 3. The molecule has 0 saturated heterocycles. The Morgan fingerprint density at radius 3 is 2.33 bits per heavy atom. The minimum Gasteiger partial charge on any atom is -0.493 e. The third-order valence-electron chi connectivity index (χ3n) is 2.60. The number of benzene rings is 1. The van der Waals surface area contributed by atoms with E-state index in [1.807, 2.05) is 0 Å². The van der Waals surface area contributed by atoms with E-state index < -0.39 is 5.97 Å². The number of methoxy groups -OCH3 is 3. The van der Waals surface area contributed by atoms with Gasteiger partial charge in [0.25, 0.3) is 0 Å². The smallest absolute Gasteiger partial charge is 0.350 e. The van der Waals surface area contributed by atoms with Crippen molar-refractivity contribution in [1.29, 1.82) is 0 Å². The summed E-state index contributed by atoms with van der Waals surface area (Å²) in [5.41, 5.74) is 6.35. The largest absolute Gasteiger partial charge is 0.493 e. The molecule has 0 unspecified atom stereocenters. The van der Waals surface area contributed by atoms with Crippen molar-refractivity contribution in [2.75, 3.05) is 27.1 Å². The monoisotopic (exact) mass is 267 g/mol. The Kier molecular flexibility index (Phi) is 3.29. The number of fused-ring (bicyclic) bond motifs is 1. The van der Waals surface area contributed by atoms with Crippen LogP contribution in [-0.4, -0.2) is 27.3 Å². The van der Waals surface area contributed by atoms with E-state index in [-0.39, 0.29) is 0 Å². The highest BCUT2D eigenvalue weighted by Crippen LogP contribution is 2.40. The molecule has 0 spiro atoms. The van der Waals surface area contributed by atoms with Crippen LogP contribution in [0.3, 0.4) is 0 Å². The van der Waals surface area contributed by atoms with Crippen LogP contribution >= 0.6 is 11.3 Å². The molecule has 0 fully saturated rings. The lowest BCUT2D eigenvalue weighted by atomic mass is 10.2. The number of carbonyl (C=O) groups is 1. The van der Waals surface area contributed by atoms with Crippen LogP contribution in [0.15, 0.2) is 12.1 Å². The van der Waals surface area contributed by atoms with Crippen molar-refractivity contribution in [3.8, 4) is 11.5 Å². The summed E-state index contributed by atoms with van der Waals surface area (Å²) < 4.78 is 15.9. The molecule has 1 aromatic carbocycles. The molecule has 6 heteroatoms. The fraction of sp³-hybridized carbons (Fsp3) is 0.250. The number of thiophene rings is 1. The van der Waals surface area contributed by atoms with E-state index in [4.69, 9.17) is 15.2 Å². The Labute approximate surface area is 108 Å². The first-order valence-corrected chi connectivity index (χ1v) is 5.96. The second-order valence-corrected chi connectivity index (χ2v) is 4.59. The standard InChI is InChI=1S/C12H13NO4S/c1-15-7-4-6-9(5-8(7)16-2)18-11(10(6)13)12(14)17-3/h4-5H,13H2,1-3H3. The Bertz CT molecular complexity index is 606. The first kappa shape index (κ1) is 12.5. The van der Waals surface area contributed by atoms with Crippen LogP contribution in [0.1, 0.15) is 9.67 Å². The molecule has 1 aromatic heterocycles. The quantitative estimate of drug-likeness (QED) is 0.864. The molecular formula is C12H13NO4S. The van der Waals surface area contributed by atoms with Gasteiger partial charge in [0.05, 0.1) is 27.0 Å². The van der Waals surface area contributed by atoms with E-state index in [1.54, 1.807) is 26.4 Å². The molecule has 96 valence electrons. The van der Waals surface area contributed by atoms with Gasteiger partial charge in [-0.3, -0.25) is 0 Å². The van der Waals surface area contributed by atoms with E-state index in [0.717, 1.165) is 10.1 Å². The van der Waals surface area contributed by atoms with Gasteiger partial charge in [-0.25, -0.2) is 4.79 Å². The second-order valence-electron chi connectivity index (χ2n) is 3.54. The van der Waals surface area contributed by atoms with Gasteiger partial charge in [-0.15, -0.1) is 11.3 Å². The maximum absolute atomic E-state index is 11.6. The number of hydrogen-bond acceptors (Lipinski definition) is 6. The van der Waals surface area contributed by atoms with Gasteiger partial charge >= 0.3 is 5.97 Å². The number of carbonyl (C=O) groups excluding carboxylic acids is 1. The lowest BCUT2D eigenvalue weighted by Gasteiger charge is -2.07. The Hall–Kier alpha value is -1.95. The molecule has 0 aliphatic carbocycles. The van der Waals surface area contributed by atoms with Crippen molar-refractivity contribution < 1.29 is 19.0 Å². The highest BCUT2D eigenvalue weighted by Gasteiger charge is 2.19. The van der Waals surface area contributed by atoms with Gasteiger partial charge in [-0.05, 0) is 6.07 Å². The molecule has 1 heterocycles. The summed E-state index contributed by atoms with van der Waals surface area (Å²) in [5, 5.41) is 0.762. The van der Waals surface area contributed by atoms with Crippen molar-refractivity contribution in [3.63, 3.8) is 0 Å². The molecule has 2 rings (SSSR count). The summed E-state index contributed by atoms with van der Waals surface area (Å²) in [4.78, 5) is 12.0. The highest BCUT2D eigenvalue weighted by molar-refractivity contribution is 7.21. The van der Waals surface area contributed by atoms with E-state index in [1.165, 1.54) is 18.4 Å². The topological polar surface area (TPSA) is 70.8 Å². The third-order valence-corrected chi connectivity index (χ3v) is 3.75. The van der Waals surface area contributed by atoms with Crippen LogP contribution in [-0.2, 0) is 4.74 Å². The third kappa shape index (κ3) is 1.84. The molecule has 2 N–H and O–H groups in total. The zero-order valence-corrected chi connectivity index (χ0v) is 11.1. The van der Waals surface area contributed by atoms with E-state index in [2.05, 4.69) is 4.74 Å². The number of anilines is 1. The molecule has 5 nitrogen and oxygen atoms in total. The lowest BCUT2D eigenvalue weighted by molar-refractivity contribution is 0.0607. The summed E-state index contributed by atoms with van der Waals surface area (Å²) in [6.45, 7) is 0. The predicted molar refractivity (Wildman–Crippen MR) is 70.7 cm³/mol. The number of nitrogens with two attached hydrogens (primary N) is 1. The fourth-order valence-corrected chi connectivity index (χ4v) is 2.74. The normalized spacial score (nSPS) is 10.4. The van der Waals surface area contributed by atoms with Crippen LogP contribution in [0.4, 0.5) is 5.69 Å². The summed E-state index contributed by atoms with van der Waals surface area (Å²) >= 11 is 1.27. The summed E-state index contributed by atoms with van der Waals surface area (Å²) in [6, 6.07) is 3.55. The van der Waals surface area contributed by atoms with E-state index in [9.17, 15) is 4.79 Å². The van der Waals surface area contributed by atoms with Crippen LogP contribution in [0.5, 0.6) is 11.5 Å². The molecule has 0 aliphatic heterocycles. The fourth-order valence-electron chi connectivity index (χ4n) is 1.69. The lowest BCUT2D eigenvalue weighted by Crippen LogP contribution is -2.01. The SMILES string of the molecule is COC(=O)c1sc2cc(OC)c(OC)cc2c1N. The minimum atomic E-state index is -0.438. The maximum atomic E-state index is 11.6. The molecule has 18 heavy (non-hydrogen) atoms. The van der Waals surface area contributed by atoms with Crippen molar-refractivity contribution in [3.05, 3.63) is 17.0 Å². The molecular weight excluding hydrogens is 254 g/mol. The van der Waals surface area contributed by atoms with Crippen LogP contribution in [0.25, 0.3) is 10.1 Å². The average molecular weight is 267 g/mol.